The van der Waals surface area contributed by atoms with E-state index in [4.69, 9.17) is 5.73 Å². The average molecular weight is 157 g/mol. The van der Waals surface area contributed by atoms with Crippen molar-refractivity contribution in [3.63, 3.8) is 0 Å². The van der Waals surface area contributed by atoms with Gasteiger partial charge in [0.2, 0.25) is 5.91 Å². The molecule has 0 heterocycles. The molecular weight excluding hydrogens is 145 g/mol. The average Bonchev–Trinajstić information content (AvgIpc) is 2.42. The smallest absolute Gasteiger partial charge is 0.223 e. The normalized spacial score (nSPS) is 48.1. The second-order valence-corrected chi connectivity index (χ2v) is 3.97. The first kappa shape index (κ1) is 7.07. The van der Waals surface area contributed by atoms with Crippen molar-refractivity contribution in [3.05, 3.63) is 0 Å². The number of carbonyl (C=O) groups excluding carboxylic acids is 1. The highest BCUT2D eigenvalue weighted by molar-refractivity contribution is 5.82. The van der Waals surface area contributed by atoms with Crippen LogP contribution in [0.25, 0.3) is 0 Å². The summed E-state index contributed by atoms with van der Waals surface area (Å²) in [5.74, 6) is -0.297. The van der Waals surface area contributed by atoms with Crippen LogP contribution in [0.1, 0.15) is 32.1 Å². The summed E-state index contributed by atoms with van der Waals surface area (Å²) in [5.41, 5.74) is 3.71. The second kappa shape index (κ2) is 1.76. The van der Waals surface area contributed by atoms with Crippen LogP contribution < -0.4 is 5.73 Å². The van der Waals surface area contributed by atoms with Gasteiger partial charge >= 0.3 is 0 Å². The molecule has 0 aliphatic heterocycles. The number of hydrogen-bond acceptors (Lipinski definition) is 1. The van der Waals surface area contributed by atoms with Crippen molar-refractivity contribution in [2.75, 3.05) is 0 Å². The van der Waals surface area contributed by atoms with E-state index < -0.39 is 11.1 Å². The van der Waals surface area contributed by atoms with Gasteiger partial charge in [-0.1, -0.05) is 0 Å². The van der Waals surface area contributed by atoms with Crippen LogP contribution in [0.2, 0.25) is 0 Å². The van der Waals surface area contributed by atoms with E-state index in [1.807, 2.05) is 0 Å². The number of alkyl halides is 1. The lowest BCUT2D eigenvalue weighted by Crippen LogP contribution is -2.32. The minimum atomic E-state index is -1.05. The van der Waals surface area contributed by atoms with E-state index in [1.54, 1.807) is 0 Å². The lowest BCUT2D eigenvalue weighted by Gasteiger charge is -2.21. The Hall–Kier alpha value is -0.600. The van der Waals surface area contributed by atoms with Crippen LogP contribution in [-0.4, -0.2) is 11.6 Å². The summed E-state index contributed by atoms with van der Waals surface area (Å²) < 4.78 is 13.5. The summed E-state index contributed by atoms with van der Waals surface area (Å²) >= 11 is 0. The highest BCUT2D eigenvalue weighted by Crippen LogP contribution is 2.58. The Morgan fingerprint density at radius 1 is 1.27 bits per heavy atom. The number of halogens is 1. The molecule has 0 aromatic heterocycles. The van der Waals surface area contributed by atoms with E-state index in [1.165, 1.54) is 0 Å². The minimum Gasteiger partial charge on any atom is -0.369 e. The molecule has 0 unspecified atom stereocenters. The molecular formula is C8H12FNO. The molecule has 2 aliphatic carbocycles. The summed E-state index contributed by atoms with van der Waals surface area (Å²) in [4.78, 5) is 11.0. The van der Waals surface area contributed by atoms with Gasteiger partial charge in [0.25, 0.3) is 0 Å². The van der Waals surface area contributed by atoms with Crippen LogP contribution in [0, 0.1) is 5.41 Å². The second-order valence-electron chi connectivity index (χ2n) is 3.97. The van der Waals surface area contributed by atoms with Gasteiger partial charge in [-0.15, -0.1) is 0 Å². The Bertz CT molecular complexity index is 206. The maximum absolute atomic E-state index is 13.5. The molecule has 0 saturated heterocycles. The fourth-order valence-electron chi connectivity index (χ4n) is 2.47. The third-order valence-electron chi connectivity index (χ3n) is 3.28. The zero-order chi connectivity index (χ0) is 8.11. The fraction of sp³-hybridized carbons (Fsp3) is 0.875. The van der Waals surface area contributed by atoms with Crippen molar-refractivity contribution in [1.82, 2.24) is 0 Å². The van der Waals surface area contributed by atoms with Crippen molar-refractivity contribution < 1.29 is 9.18 Å². The molecule has 11 heavy (non-hydrogen) atoms. The van der Waals surface area contributed by atoms with Crippen LogP contribution >= 0.6 is 0 Å². The number of primary amides is 1. The first-order valence-electron chi connectivity index (χ1n) is 4.05. The van der Waals surface area contributed by atoms with Crippen LogP contribution in [0.5, 0.6) is 0 Å². The Kier molecular flexibility index (Phi) is 1.13. The molecule has 0 atom stereocenters. The number of nitrogens with two attached hydrogens (primary N) is 1. The summed E-state index contributed by atoms with van der Waals surface area (Å²) in [6.45, 7) is 0. The Morgan fingerprint density at radius 2 is 1.82 bits per heavy atom. The van der Waals surface area contributed by atoms with E-state index in [0.29, 0.717) is 32.1 Å². The Labute approximate surface area is 64.9 Å². The molecule has 3 heteroatoms. The zero-order valence-electron chi connectivity index (χ0n) is 6.40. The predicted octanol–water partition coefficient (Wildman–Crippen LogP) is 1.14. The lowest BCUT2D eigenvalue weighted by atomic mass is 9.84. The largest absolute Gasteiger partial charge is 0.369 e. The molecule has 1 amide bonds. The molecule has 0 spiro atoms. The fourth-order valence-corrected chi connectivity index (χ4v) is 2.47. The first-order valence-corrected chi connectivity index (χ1v) is 4.05. The number of fused-ring (bicyclic) bond motifs is 2. The van der Waals surface area contributed by atoms with Gasteiger partial charge in [-0.05, 0) is 32.1 Å². The predicted molar refractivity (Wildman–Crippen MR) is 38.6 cm³/mol. The summed E-state index contributed by atoms with van der Waals surface area (Å²) in [7, 11) is 0. The maximum atomic E-state index is 13.5. The van der Waals surface area contributed by atoms with Crippen molar-refractivity contribution in [2.24, 2.45) is 11.1 Å². The lowest BCUT2D eigenvalue weighted by molar-refractivity contribution is -0.127. The molecule has 2 bridgehead atoms. The van der Waals surface area contributed by atoms with E-state index >= 15 is 0 Å². The van der Waals surface area contributed by atoms with Crippen LogP contribution in [0.15, 0.2) is 0 Å². The van der Waals surface area contributed by atoms with Crippen molar-refractivity contribution in [1.29, 1.82) is 0 Å². The topological polar surface area (TPSA) is 43.1 Å². The highest BCUT2D eigenvalue weighted by atomic mass is 19.1. The molecule has 62 valence electrons. The Morgan fingerprint density at radius 3 is 2.00 bits per heavy atom. The van der Waals surface area contributed by atoms with Crippen LogP contribution in [0.4, 0.5) is 4.39 Å². The van der Waals surface area contributed by atoms with Crippen molar-refractivity contribution in [2.45, 2.75) is 37.8 Å². The summed E-state index contributed by atoms with van der Waals surface area (Å²) in [5, 5.41) is 0. The highest BCUT2D eigenvalue weighted by Gasteiger charge is 2.57. The summed E-state index contributed by atoms with van der Waals surface area (Å²) in [6, 6.07) is 0. The van der Waals surface area contributed by atoms with Gasteiger partial charge in [0.15, 0.2) is 0 Å². The summed E-state index contributed by atoms with van der Waals surface area (Å²) in [6.07, 6.45) is 2.79. The molecule has 2 N–H and O–H groups in total. The molecule has 0 radical (unpaired) electrons. The maximum Gasteiger partial charge on any atom is 0.223 e. The van der Waals surface area contributed by atoms with Crippen LogP contribution in [0.3, 0.4) is 0 Å². The third kappa shape index (κ3) is 0.798. The standard InChI is InChI=1S/C8H12FNO/c9-8-3-1-7(5-8,2-4-8)6(10)11/h1-5H2,(H2,10,11). The van der Waals surface area contributed by atoms with Gasteiger partial charge in [0.1, 0.15) is 5.67 Å². The van der Waals surface area contributed by atoms with Gasteiger partial charge in [0.05, 0.1) is 5.41 Å². The molecule has 2 rings (SSSR count). The number of hydrogen-bond donors (Lipinski definition) is 1. The van der Waals surface area contributed by atoms with E-state index in [9.17, 15) is 9.18 Å². The number of amides is 1. The molecule has 2 nitrogen and oxygen atoms in total. The molecule has 2 fully saturated rings. The van der Waals surface area contributed by atoms with Gasteiger partial charge in [0, 0.05) is 0 Å². The molecule has 2 aliphatic rings. The molecule has 0 aromatic rings. The van der Waals surface area contributed by atoms with E-state index in [2.05, 4.69) is 0 Å². The monoisotopic (exact) mass is 157 g/mol. The van der Waals surface area contributed by atoms with Gasteiger partial charge < -0.3 is 5.73 Å². The van der Waals surface area contributed by atoms with Gasteiger partial charge in [-0.25, -0.2) is 4.39 Å². The quantitative estimate of drug-likeness (QED) is 0.609. The minimum absolute atomic E-state index is 0.297. The number of carbonyl (C=O) groups is 1. The van der Waals surface area contributed by atoms with Gasteiger partial charge in [-0.2, -0.15) is 0 Å². The van der Waals surface area contributed by atoms with Crippen molar-refractivity contribution >= 4 is 5.91 Å². The van der Waals surface area contributed by atoms with Crippen molar-refractivity contribution in [3.8, 4) is 0 Å². The SMILES string of the molecule is NC(=O)C12CCC(F)(CC1)C2. The number of rotatable bonds is 1. The van der Waals surface area contributed by atoms with E-state index in [-0.39, 0.29) is 5.91 Å². The van der Waals surface area contributed by atoms with Crippen LogP contribution in [-0.2, 0) is 4.79 Å². The first-order chi connectivity index (χ1) is 5.06. The Balaban J connectivity index is 2.27. The third-order valence-corrected chi connectivity index (χ3v) is 3.28. The molecule has 0 aromatic carbocycles. The van der Waals surface area contributed by atoms with Gasteiger partial charge in [-0.3, -0.25) is 4.79 Å². The molecule has 2 saturated carbocycles. The zero-order valence-corrected chi connectivity index (χ0v) is 6.40. The van der Waals surface area contributed by atoms with E-state index in [0.717, 1.165) is 0 Å².